The van der Waals surface area contributed by atoms with Crippen LogP contribution in [-0.2, 0) is 25.5 Å². The van der Waals surface area contributed by atoms with Gasteiger partial charge in [0, 0.05) is 13.0 Å². The van der Waals surface area contributed by atoms with E-state index in [2.05, 4.69) is 5.32 Å². The van der Waals surface area contributed by atoms with Gasteiger partial charge in [0.05, 0.1) is 6.42 Å². The molecule has 2 atom stereocenters. The second-order valence-electron chi connectivity index (χ2n) is 8.40. The molecule has 30 heavy (non-hydrogen) atoms. The molecule has 0 radical (unpaired) electrons. The Bertz CT molecular complexity index is 803. The van der Waals surface area contributed by atoms with Crippen molar-refractivity contribution in [2.24, 2.45) is 0 Å². The highest BCUT2D eigenvalue weighted by atomic mass is 16.6. The van der Waals surface area contributed by atoms with Crippen molar-refractivity contribution in [1.82, 2.24) is 10.2 Å². The number of hydrogen-bond donors (Lipinski definition) is 3. The summed E-state index contributed by atoms with van der Waals surface area (Å²) in [4.78, 5) is 48.7. The van der Waals surface area contributed by atoms with Gasteiger partial charge in [0.15, 0.2) is 5.54 Å². The SMILES string of the molecule is CC(C)(C)OC(=O)N[C@@H](CCCN1C(=O)CC1(Cc1ccccc1)C(=O)O)C(=O)O. The van der Waals surface area contributed by atoms with E-state index in [0.29, 0.717) is 0 Å². The lowest BCUT2D eigenvalue weighted by Crippen LogP contribution is -2.69. The van der Waals surface area contributed by atoms with Crippen LogP contribution >= 0.6 is 0 Å². The molecule has 1 aliphatic rings. The van der Waals surface area contributed by atoms with Crippen molar-refractivity contribution < 1.29 is 34.1 Å². The maximum absolute atomic E-state index is 12.1. The maximum atomic E-state index is 12.1. The van der Waals surface area contributed by atoms with E-state index in [9.17, 15) is 29.4 Å². The van der Waals surface area contributed by atoms with Crippen LogP contribution in [0.4, 0.5) is 4.79 Å². The number of alkyl carbamates (subject to hydrolysis) is 1. The molecule has 1 fully saturated rings. The van der Waals surface area contributed by atoms with Gasteiger partial charge in [0.1, 0.15) is 11.6 Å². The van der Waals surface area contributed by atoms with Crippen molar-refractivity contribution >= 4 is 23.9 Å². The summed E-state index contributed by atoms with van der Waals surface area (Å²) >= 11 is 0. The summed E-state index contributed by atoms with van der Waals surface area (Å²) in [5.41, 5.74) is -1.31. The molecule has 1 aliphatic heterocycles. The first-order valence-electron chi connectivity index (χ1n) is 9.75. The van der Waals surface area contributed by atoms with Gasteiger partial charge in [0.2, 0.25) is 5.91 Å². The van der Waals surface area contributed by atoms with Gasteiger partial charge in [-0.3, -0.25) is 4.79 Å². The average molecular weight is 420 g/mol. The minimum atomic E-state index is -1.34. The van der Waals surface area contributed by atoms with Crippen LogP contribution in [0.1, 0.15) is 45.6 Å². The van der Waals surface area contributed by atoms with Crippen molar-refractivity contribution in [3.63, 3.8) is 0 Å². The quantitative estimate of drug-likeness (QED) is 0.521. The third kappa shape index (κ3) is 5.71. The number of carbonyl (C=O) groups excluding carboxylic acids is 2. The molecule has 9 heteroatoms. The number of β-lactam (4-membered cyclic amide) rings is 1. The molecule has 0 bridgehead atoms. The third-order valence-electron chi connectivity index (χ3n) is 4.86. The number of nitrogens with one attached hydrogen (secondary N) is 1. The molecular weight excluding hydrogens is 392 g/mol. The van der Waals surface area contributed by atoms with Crippen molar-refractivity contribution in [2.75, 3.05) is 6.54 Å². The fraction of sp³-hybridized carbons (Fsp3) is 0.524. The standard InChI is InChI=1S/C21H28N2O7/c1-20(2,3)30-19(29)22-15(17(25)26)10-7-11-23-16(24)13-21(23,18(27)28)12-14-8-5-4-6-9-14/h4-6,8-9,15H,7,10-13H2,1-3H3,(H,22,29)(H,25,26)(H,27,28)/t15-,21?/m0/s1. The summed E-state index contributed by atoms with van der Waals surface area (Å²) in [7, 11) is 0. The molecule has 0 aliphatic carbocycles. The summed E-state index contributed by atoms with van der Waals surface area (Å²) in [6, 6.07) is 7.83. The number of ether oxygens (including phenoxy) is 1. The van der Waals surface area contributed by atoms with E-state index >= 15 is 0 Å². The molecule has 2 rings (SSSR count). The van der Waals surface area contributed by atoms with Crippen LogP contribution < -0.4 is 5.32 Å². The van der Waals surface area contributed by atoms with E-state index in [1.807, 2.05) is 6.07 Å². The normalized spacial score (nSPS) is 19.6. The van der Waals surface area contributed by atoms with E-state index in [1.165, 1.54) is 4.90 Å². The molecule has 0 spiro atoms. The Labute approximate surface area is 175 Å². The number of likely N-dealkylation sites (tertiary alicyclic amines) is 1. The minimum absolute atomic E-state index is 0.0272. The fourth-order valence-corrected chi connectivity index (χ4v) is 3.45. The molecule has 164 valence electrons. The topological polar surface area (TPSA) is 133 Å². The Morgan fingerprint density at radius 3 is 2.33 bits per heavy atom. The van der Waals surface area contributed by atoms with Crippen LogP contribution in [0, 0.1) is 0 Å². The highest BCUT2D eigenvalue weighted by Crippen LogP contribution is 2.36. The van der Waals surface area contributed by atoms with Gasteiger partial charge in [-0.15, -0.1) is 0 Å². The summed E-state index contributed by atoms with van der Waals surface area (Å²) < 4.78 is 5.07. The number of benzene rings is 1. The predicted molar refractivity (Wildman–Crippen MR) is 107 cm³/mol. The number of rotatable bonds is 9. The first kappa shape index (κ1) is 23.2. The lowest BCUT2D eigenvalue weighted by Gasteiger charge is -2.49. The molecule has 2 amide bonds. The Kier molecular flexibility index (Phi) is 7.07. The molecule has 9 nitrogen and oxygen atoms in total. The second-order valence-corrected chi connectivity index (χ2v) is 8.40. The molecule has 1 aromatic carbocycles. The predicted octanol–water partition coefficient (Wildman–Crippen LogP) is 2.04. The van der Waals surface area contributed by atoms with Crippen LogP contribution in [0.25, 0.3) is 0 Å². The highest BCUT2D eigenvalue weighted by molar-refractivity contribution is 5.98. The zero-order valence-corrected chi connectivity index (χ0v) is 17.4. The number of hydrogen-bond acceptors (Lipinski definition) is 5. The second kappa shape index (κ2) is 9.15. The average Bonchev–Trinajstić information content (AvgIpc) is 2.62. The summed E-state index contributed by atoms with van der Waals surface area (Å²) in [6.07, 6.45) is -0.538. The van der Waals surface area contributed by atoms with E-state index in [0.717, 1.165) is 5.56 Å². The molecule has 0 saturated carbocycles. The summed E-state index contributed by atoms with van der Waals surface area (Å²) in [6.45, 7) is 5.07. The Morgan fingerprint density at radius 1 is 1.20 bits per heavy atom. The fourth-order valence-electron chi connectivity index (χ4n) is 3.45. The van der Waals surface area contributed by atoms with E-state index in [4.69, 9.17) is 4.74 Å². The van der Waals surface area contributed by atoms with Gasteiger partial charge in [-0.1, -0.05) is 30.3 Å². The highest BCUT2D eigenvalue weighted by Gasteiger charge is 2.56. The molecular formula is C21H28N2O7. The first-order valence-corrected chi connectivity index (χ1v) is 9.75. The van der Waals surface area contributed by atoms with Gasteiger partial charge in [-0.05, 0) is 39.2 Å². The van der Waals surface area contributed by atoms with Crippen molar-refractivity contribution in [3.8, 4) is 0 Å². The number of carboxylic acids is 2. The molecule has 1 unspecified atom stereocenters. The number of aliphatic carboxylic acids is 2. The maximum Gasteiger partial charge on any atom is 0.408 e. The van der Waals surface area contributed by atoms with Gasteiger partial charge in [-0.2, -0.15) is 0 Å². The number of carboxylic acid groups (broad SMARTS) is 2. The van der Waals surface area contributed by atoms with Gasteiger partial charge >= 0.3 is 18.0 Å². The van der Waals surface area contributed by atoms with Crippen LogP contribution in [0.2, 0.25) is 0 Å². The van der Waals surface area contributed by atoms with E-state index in [1.54, 1.807) is 45.0 Å². The monoisotopic (exact) mass is 420 g/mol. The molecule has 1 saturated heterocycles. The largest absolute Gasteiger partial charge is 0.480 e. The molecule has 1 heterocycles. The number of carbonyl (C=O) groups is 4. The summed E-state index contributed by atoms with van der Waals surface area (Å²) in [5.74, 6) is -2.61. The van der Waals surface area contributed by atoms with E-state index in [-0.39, 0.29) is 38.1 Å². The van der Waals surface area contributed by atoms with Crippen LogP contribution in [-0.4, -0.2) is 62.8 Å². The first-order chi connectivity index (χ1) is 13.9. The van der Waals surface area contributed by atoms with E-state index < -0.39 is 35.2 Å². The van der Waals surface area contributed by atoms with Gasteiger partial charge in [0.25, 0.3) is 0 Å². The van der Waals surface area contributed by atoms with Crippen LogP contribution in [0.15, 0.2) is 30.3 Å². The lowest BCUT2D eigenvalue weighted by atomic mass is 9.78. The molecule has 0 aromatic heterocycles. The lowest BCUT2D eigenvalue weighted by molar-refractivity contribution is -0.176. The summed E-state index contributed by atoms with van der Waals surface area (Å²) in [5, 5.41) is 21.4. The third-order valence-corrected chi connectivity index (χ3v) is 4.86. The van der Waals surface area contributed by atoms with Crippen molar-refractivity contribution in [2.45, 2.75) is 63.6 Å². The van der Waals surface area contributed by atoms with Gasteiger partial charge in [-0.25, -0.2) is 14.4 Å². The Balaban J connectivity index is 1.99. The van der Waals surface area contributed by atoms with Crippen molar-refractivity contribution in [3.05, 3.63) is 35.9 Å². The zero-order valence-electron chi connectivity index (χ0n) is 17.4. The minimum Gasteiger partial charge on any atom is -0.480 e. The van der Waals surface area contributed by atoms with Crippen LogP contribution in [0.5, 0.6) is 0 Å². The smallest absolute Gasteiger partial charge is 0.408 e. The molecule has 3 N–H and O–H groups in total. The Hall–Kier alpha value is -3.10. The Morgan fingerprint density at radius 2 is 1.83 bits per heavy atom. The van der Waals surface area contributed by atoms with Crippen molar-refractivity contribution in [1.29, 1.82) is 0 Å². The zero-order chi connectivity index (χ0) is 22.5. The molecule has 1 aromatic rings. The van der Waals surface area contributed by atoms with Crippen LogP contribution in [0.3, 0.4) is 0 Å². The number of amides is 2. The number of nitrogens with zero attached hydrogens (tertiary/aromatic N) is 1. The van der Waals surface area contributed by atoms with Gasteiger partial charge < -0.3 is 25.2 Å².